The highest BCUT2D eigenvalue weighted by Gasteiger charge is 2.46. The average Bonchev–Trinajstić information content (AvgIpc) is 3.24. The van der Waals surface area contributed by atoms with Gasteiger partial charge in [-0.25, -0.2) is 4.98 Å². The highest BCUT2D eigenvalue weighted by Crippen LogP contribution is 2.38. The molecule has 36 heavy (non-hydrogen) atoms. The third kappa shape index (κ3) is 5.40. The van der Waals surface area contributed by atoms with Crippen LogP contribution in [0.25, 0.3) is 5.78 Å². The Morgan fingerprint density at radius 3 is 2.64 bits per heavy atom. The molecule has 9 nitrogen and oxygen atoms in total. The molecular formula is C23H26ClF3N6O3. The molecule has 1 amide bonds. The molecule has 1 aliphatic heterocycles. The second kappa shape index (κ2) is 10.6. The summed E-state index contributed by atoms with van der Waals surface area (Å²) in [6.45, 7) is 2.17. The van der Waals surface area contributed by atoms with Gasteiger partial charge in [-0.1, -0.05) is 12.1 Å². The SMILES string of the molecule is CO[C@@H](C)c1c(Nc2ccc([C@H](N(C)C(=O)C3CCCCO3)C(F)(F)F)cc2)cnc2nc(Cl)nn12. The lowest BCUT2D eigenvalue weighted by molar-refractivity contribution is -0.194. The lowest BCUT2D eigenvalue weighted by atomic mass is 10.0. The van der Waals surface area contributed by atoms with Crippen LogP contribution in [0, 0.1) is 0 Å². The molecule has 1 saturated heterocycles. The van der Waals surface area contributed by atoms with Crippen LogP contribution < -0.4 is 5.32 Å². The van der Waals surface area contributed by atoms with E-state index in [2.05, 4.69) is 20.4 Å². The number of carbonyl (C=O) groups is 1. The minimum absolute atomic E-state index is 0.0176. The van der Waals surface area contributed by atoms with Crippen LogP contribution in [0.2, 0.25) is 5.28 Å². The molecule has 1 unspecified atom stereocenters. The van der Waals surface area contributed by atoms with E-state index in [0.29, 0.717) is 30.1 Å². The number of benzene rings is 1. The molecule has 0 spiro atoms. The summed E-state index contributed by atoms with van der Waals surface area (Å²) >= 11 is 5.92. The minimum atomic E-state index is -4.67. The van der Waals surface area contributed by atoms with Crippen molar-refractivity contribution in [3.05, 3.63) is 47.0 Å². The monoisotopic (exact) mass is 526 g/mol. The predicted octanol–water partition coefficient (Wildman–Crippen LogP) is 4.86. The van der Waals surface area contributed by atoms with Crippen molar-refractivity contribution < 1.29 is 27.4 Å². The maximum Gasteiger partial charge on any atom is 0.413 e. The molecule has 4 rings (SSSR count). The number of halogens is 4. The zero-order valence-electron chi connectivity index (χ0n) is 19.9. The third-order valence-corrected chi connectivity index (χ3v) is 6.28. The number of nitrogens with one attached hydrogen (secondary N) is 1. The number of hydrogen-bond donors (Lipinski definition) is 1. The van der Waals surface area contributed by atoms with Gasteiger partial charge >= 0.3 is 6.18 Å². The predicted molar refractivity (Wildman–Crippen MR) is 126 cm³/mol. The molecule has 0 saturated carbocycles. The number of carbonyl (C=O) groups excluding carboxylic acids is 1. The first-order valence-electron chi connectivity index (χ1n) is 11.4. The Morgan fingerprint density at radius 2 is 2.03 bits per heavy atom. The van der Waals surface area contributed by atoms with Gasteiger partial charge in [0, 0.05) is 26.5 Å². The van der Waals surface area contributed by atoms with Crippen LogP contribution in [0.3, 0.4) is 0 Å². The molecule has 0 aliphatic carbocycles. The molecule has 1 aliphatic rings. The summed E-state index contributed by atoms with van der Waals surface area (Å²) in [6, 6.07) is 3.57. The summed E-state index contributed by atoms with van der Waals surface area (Å²) in [5.41, 5.74) is 1.53. The van der Waals surface area contributed by atoms with Gasteiger partial charge in [0.1, 0.15) is 6.10 Å². The maximum absolute atomic E-state index is 14.1. The van der Waals surface area contributed by atoms with E-state index in [4.69, 9.17) is 21.1 Å². The molecule has 1 aromatic carbocycles. The third-order valence-electron chi connectivity index (χ3n) is 6.12. The zero-order valence-corrected chi connectivity index (χ0v) is 20.7. The first kappa shape index (κ1) is 26.1. The second-order valence-electron chi connectivity index (χ2n) is 8.52. The second-order valence-corrected chi connectivity index (χ2v) is 8.86. The van der Waals surface area contributed by atoms with E-state index < -0.39 is 30.3 Å². The quantitative estimate of drug-likeness (QED) is 0.470. The fraction of sp³-hybridized carbons (Fsp3) is 0.478. The van der Waals surface area contributed by atoms with Gasteiger partial charge in [0.15, 0.2) is 6.04 Å². The van der Waals surface area contributed by atoms with Crippen molar-refractivity contribution in [2.75, 3.05) is 26.1 Å². The number of alkyl halides is 3. The van der Waals surface area contributed by atoms with Crippen molar-refractivity contribution in [2.24, 2.45) is 0 Å². The topological polar surface area (TPSA) is 93.9 Å². The van der Waals surface area contributed by atoms with Crippen molar-refractivity contribution in [1.29, 1.82) is 0 Å². The van der Waals surface area contributed by atoms with E-state index >= 15 is 0 Å². The number of anilines is 2. The Hall–Kier alpha value is -2.96. The Bertz CT molecular complexity index is 1210. The van der Waals surface area contributed by atoms with Gasteiger partial charge < -0.3 is 19.7 Å². The number of aromatic nitrogens is 4. The van der Waals surface area contributed by atoms with Crippen molar-refractivity contribution in [1.82, 2.24) is 24.5 Å². The van der Waals surface area contributed by atoms with Gasteiger partial charge in [0.2, 0.25) is 5.28 Å². The molecule has 13 heteroatoms. The van der Waals surface area contributed by atoms with Gasteiger partial charge in [0.05, 0.1) is 23.7 Å². The normalized spacial score (nSPS) is 18.1. The van der Waals surface area contributed by atoms with Crippen LogP contribution >= 0.6 is 11.6 Å². The first-order valence-corrected chi connectivity index (χ1v) is 11.7. The molecular weight excluding hydrogens is 501 g/mol. The van der Waals surface area contributed by atoms with Crippen molar-refractivity contribution in [3.63, 3.8) is 0 Å². The van der Waals surface area contributed by atoms with Gasteiger partial charge in [-0.05, 0) is 55.5 Å². The van der Waals surface area contributed by atoms with Gasteiger partial charge in [-0.2, -0.15) is 22.7 Å². The maximum atomic E-state index is 14.1. The summed E-state index contributed by atoms with van der Waals surface area (Å²) in [5.74, 6) is -0.397. The average molecular weight is 527 g/mol. The fourth-order valence-corrected chi connectivity index (χ4v) is 4.40. The van der Waals surface area contributed by atoms with E-state index in [1.165, 1.54) is 42.1 Å². The molecule has 194 valence electrons. The van der Waals surface area contributed by atoms with E-state index in [1.807, 2.05) is 0 Å². The summed E-state index contributed by atoms with van der Waals surface area (Å²) in [4.78, 5) is 21.7. The fourth-order valence-electron chi connectivity index (χ4n) is 4.25. The number of amides is 1. The highest BCUT2D eigenvalue weighted by atomic mass is 35.5. The number of rotatable bonds is 7. The Kier molecular flexibility index (Phi) is 7.67. The summed E-state index contributed by atoms with van der Waals surface area (Å²) < 4.78 is 54.5. The Balaban J connectivity index is 1.60. The van der Waals surface area contributed by atoms with E-state index in [-0.39, 0.29) is 16.6 Å². The van der Waals surface area contributed by atoms with E-state index in [1.54, 1.807) is 6.92 Å². The molecule has 0 radical (unpaired) electrons. The van der Waals surface area contributed by atoms with Gasteiger partial charge in [-0.15, -0.1) is 5.10 Å². The zero-order chi connectivity index (χ0) is 26.0. The standard InChI is InChI=1S/C23H26ClF3N6O3/c1-13(35-3)18-16(12-28-22-30-21(24)31-33(18)22)29-15-9-7-14(8-10-15)19(23(25,26)27)32(2)20(34)17-6-4-5-11-36-17/h7-10,12-13,17,19,29H,4-6,11H2,1-3H3/t13-,17?,19-/m0/s1. The van der Waals surface area contributed by atoms with Crippen LogP contribution in [0.15, 0.2) is 30.5 Å². The number of fused-ring (bicyclic) bond motifs is 1. The van der Waals surface area contributed by atoms with Crippen LogP contribution in [-0.4, -0.2) is 63.4 Å². The van der Waals surface area contributed by atoms with E-state index in [9.17, 15) is 18.0 Å². The smallest absolute Gasteiger partial charge is 0.375 e. The number of nitrogens with zero attached hydrogens (tertiary/aromatic N) is 5. The van der Waals surface area contributed by atoms with E-state index in [0.717, 1.165) is 24.8 Å². The lowest BCUT2D eigenvalue weighted by Gasteiger charge is -2.34. The lowest BCUT2D eigenvalue weighted by Crippen LogP contribution is -2.46. The van der Waals surface area contributed by atoms with Crippen LogP contribution in [-0.2, 0) is 14.3 Å². The molecule has 3 aromatic rings. The van der Waals surface area contributed by atoms with Gasteiger partial charge in [-0.3, -0.25) is 4.79 Å². The summed E-state index contributed by atoms with van der Waals surface area (Å²) in [6.07, 6.45) is -2.48. The molecule has 1 fully saturated rings. The number of methoxy groups -OCH3 is 1. The summed E-state index contributed by atoms with van der Waals surface area (Å²) in [5, 5.41) is 7.30. The van der Waals surface area contributed by atoms with Crippen LogP contribution in [0.5, 0.6) is 0 Å². The van der Waals surface area contributed by atoms with Crippen molar-refractivity contribution in [2.45, 2.75) is 50.6 Å². The first-order chi connectivity index (χ1) is 17.1. The van der Waals surface area contributed by atoms with Gasteiger partial charge in [0.25, 0.3) is 11.7 Å². The Morgan fingerprint density at radius 1 is 1.31 bits per heavy atom. The largest absolute Gasteiger partial charge is 0.413 e. The molecule has 2 aromatic heterocycles. The number of hydrogen-bond acceptors (Lipinski definition) is 7. The van der Waals surface area contributed by atoms with Crippen molar-refractivity contribution in [3.8, 4) is 0 Å². The molecule has 3 heterocycles. The Labute approximate surface area is 210 Å². The number of ether oxygens (including phenoxy) is 2. The molecule has 0 bridgehead atoms. The number of likely N-dealkylation sites (N-methyl/N-ethyl adjacent to an activating group) is 1. The van der Waals surface area contributed by atoms with Crippen molar-refractivity contribution >= 4 is 34.7 Å². The molecule has 3 atom stereocenters. The highest BCUT2D eigenvalue weighted by molar-refractivity contribution is 6.28. The van der Waals surface area contributed by atoms with Crippen LogP contribution in [0.1, 0.15) is 49.6 Å². The summed E-state index contributed by atoms with van der Waals surface area (Å²) in [7, 11) is 2.69. The molecule has 1 N–H and O–H groups in total. The minimum Gasteiger partial charge on any atom is -0.375 e. The van der Waals surface area contributed by atoms with Crippen LogP contribution in [0.4, 0.5) is 24.5 Å².